The van der Waals surface area contributed by atoms with E-state index in [4.69, 9.17) is 0 Å². The first-order valence-electron chi connectivity index (χ1n) is 10.00. The van der Waals surface area contributed by atoms with Crippen molar-refractivity contribution in [1.82, 2.24) is 10.2 Å². The van der Waals surface area contributed by atoms with Crippen LogP contribution in [0.4, 0.5) is 0 Å². The fourth-order valence-electron chi connectivity index (χ4n) is 5.27. The lowest BCUT2D eigenvalue weighted by Crippen LogP contribution is -2.53. The van der Waals surface area contributed by atoms with Crippen molar-refractivity contribution in [2.45, 2.75) is 44.1 Å². The van der Waals surface area contributed by atoms with Gasteiger partial charge in [0.05, 0.1) is 0 Å². The highest BCUT2D eigenvalue weighted by Crippen LogP contribution is 2.52. The van der Waals surface area contributed by atoms with E-state index in [0.717, 1.165) is 13.1 Å². The molecule has 5 rings (SSSR count). The molecule has 2 bridgehead atoms. The summed E-state index contributed by atoms with van der Waals surface area (Å²) in [5, 5.41) is 3.81. The maximum absolute atomic E-state index is 3.81. The predicted molar refractivity (Wildman–Crippen MR) is 110 cm³/mol. The summed E-state index contributed by atoms with van der Waals surface area (Å²) in [6.45, 7) is 6.58. The molecular weight excluding hydrogens is 316 g/mol. The van der Waals surface area contributed by atoms with Gasteiger partial charge in [-0.2, -0.15) is 0 Å². The molecule has 1 saturated carbocycles. The lowest BCUT2D eigenvalue weighted by molar-refractivity contribution is 0.0768. The number of hydrogen-bond acceptors (Lipinski definition) is 2. The Morgan fingerprint density at radius 3 is 1.69 bits per heavy atom. The van der Waals surface area contributed by atoms with Gasteiger partial charge in [0.2, 0.25) is 0 Å². The average Bonchev–Trinajstić information content (AvgIpc) is 2.94. The van der Waals surface area contributed by atoms with Crippen LogP contribution in [0.15, 0.2) is 48.5 Å². The van der Waals surface area contributed by atoms with Crippen molar-refractivity contribution < 1.29 is 0 Å². The van der Waals surface area contributed by atoms with Crippen molar-refractivity contribution in [2.75, 3.05) is 27.2 Å². The first kappa shape index (κ1) is 17.8. The van der Waals surface area contributed by atoms with E-state index < -0.39 is 0 Å². The number of hydrogen-bond donors (Lipinski definition) is 1. The number of aryl methyl sites for hydroxylation is 2. The molecule has 2 saturated heterocycles. The Kier molecular flexibility index (Phi) is 4.66. The average molecular weight is 349 g/mol. The third kappa shape index (κ3) is 3.10. The maximum Gasteiger partial charge on any atom is 0.0339 e. The Morgan fingerprint density at radius 2 is 1.27 bits per heavy atom. The number of rotatable bonds is 3. The van der Waals surface area contributed by atoms with Crippen LogP contribution < -0.4 is 5.32 Å². The minimum atomic E-state index is 0.234. The molecular formula is C24H32N2. The quantitative estimate of drug-likeness (QED) is 0.879. The molecule has 3 aliphatic rings. The van der Waals surface area contributed by atoms with Gasteiger partial charge in [-0.15, -0.1) is 0 Å². The van der Waals surface area contributed by atoms with E-state index in [1.165, 1.54) is 35.1 Å². The van der Waals surface area contributed by atoms with Gasteiger partial charge >= 0.3 is 0 Å². The number of fused-ring (bicyclic) bond motifs is 4. The fourth-order valence-corrected chi connectivity index (χ4v) is 5.27. The van der Waals surface area contributed by atoms with Crippen LogP contribution in [0.5, 0.6) is 0 Å². The predicted octanol–water partition coefficient (Wildman–Crippen LogP) is 4.48. The molecule has 26 heavy (non-hydrogen) atoms. The van der Waals surface area contributed by atoms with Crippen LogP contribution in [0.3, 0.4) is 0 Å². The van der Waals surface area contributed by atoms with E-state index in [0.29, 0.717) is 17.8 Å². The molecule has 2 aromatic rings. The maximum atomic E-state index is 3.81. The Balaban J connectivity index is 1.77. The second-order valence-corrected chi connectivity index (χ2v) is 8.86. The standard InChI is InChI=1S/C24H32N2/c1-17-5-9-19(10-6-17)21-13-24(26(3)4)14-22(23(21)15-25-16-24)20-11-7-18(2)8-12-20/h5-12,21-23,25H,13-16H2,1-4H3. The first-order valence-corrected chi connectivity index (χ1v) is 10.00. The molecule has 2 heteroatoms. The summed E-state index contributed by atoms with van der Waals surface area (Å²) in [5.74, 6) is 1.90. The molecule has 2 aliphatic heterocycles. The van der Waals surface area contributed by atoms with Gasteiger partial charge in [-0.1, -0.05) is 59.7 Å². The van der Waals surface area contributed by atoms with E-state index >= 15 is 0 Å². The Labute approximate surface area is 158 Å². The zero-order valence-corrected chi connectivity index (χ0v) is 16.6. The van der Waals surface area contributed by atoms with Gasteiger partial charge in [0.25, 0.3) is 0 Å². The van der Waals surface area contributed by atoms with Crippen LogP contribution >= 0.6 is 0 Å². The normalized spacial score (nSPS) is 31.2. The van der Waals surface area contributed by atoms with Crippen molar-refractivity contribution in [3.8, 4) is 0 Å². The minimum absolute atomic E-state index is 0.234. The number of benzene rings is 2. The molecule has 0 radical (unpaired) electrons. The molecule has 2 unspecified atom stereocenters. The van der Waals surface area contributed by atoms with Gasteiger partial charge in [-0.05, 0) is 76.2 Å². The van der Waals surface area contributed by atoms with Gasteiger partial charge in [-0.25, -0.2) is 0 Å². The molecule has 1 N–H and O–H groups in total. The highest BCUT2D eigenvalue weighted by molar-refractivity contribution is 5.33. The Bertz CT molecular complexity index is 689. The SMILES string of the molecule is Cc1ccc(C2CC3(N(C)C)CNCC2C(c2ccc(C)cc2)C3)cc1. The molecule has 3 fully saturated rings. The Morgan fingerprint density at radius 1 is 0.808 bits per heavy atom. The summed E-state index contributed by atoms with van der Waals surface area (Å²) in [7, 11) is 4.54. The topological polar surface area (TPSA) is 15.3 Å². The summed E-state index contributed by atoms with van der Waals surface area (Å²) in [6.07, 6.45) is 2.51. The van der Waals surface area contributed by atoms with Crippen LogP contribution in [-0.2, 0) is 0 Å². The highest BCUT2D eigenvalue weighted by Gasteiger charge is 2.50. The van der Waals surface area contributed by atoms with E-state index in [9.17, 15) is 0 Å². The van der Waals surface area contributed by atoms with Crippen molar-refractivity contribution in [2.24, 2.45) is 5.92 Å². The zero-order valence-electron chi connectivity index (χ0n) is 16.6. The molecule has 2 aromatic carbocycles. The molecule has 0 spiro atoms. The second kappa shape index (κ2) is 6.83. The summed E-state index contributed by atoms with van der Waals surface area (Å²) < 4.78 is 0. The molecule has 1 aliphatic carbocycles. The first-order chi connectivity index (χ1) is 12.5. The molecule has 2 heterocycles. The van der Waals surface area contributed by atoms with Gasteiger partial charge in [0.15, 0.2) is 0 Å². The molecule has 2 atom stereocenters. The third-order valence-electron chi connectivity index (χ3n) is 7.03. The third-order valence-corrected chi connectivity index (χ3v) is 7.03. The highest BCUT2D eigenvalue weighted by atomic mass is 15.2. The zero-order chi connectivity index (χ0) is 18.3. The monoisotopic (exact) mass is 348 g/mol. The van der Waals surface area contributed by atoms with Gasteiger partial charge in [-0.3, -0.25) is 0 Å². The van der Waals surface area contributed by atoms with Gasteiger partial charge in [0, 0.05) is 12.1 Å². The van der Waals surface area contributed by atoms with Crippen LogP contribution in [-0.4, -0.2) is 37.6 Å². The summed E-state index contributed by atoms with van der Waals surface area (Å²) in [6, 6.07) is 18.6. The number of nitrogens with zero attached hydrogens (tertiary/aromatic N) is 1. The molecule has 2 nitrogen and oxygen atoms in total. The van der Waals surface area contributed by atoms with E-state index in [1.807, 2.05) is 0 Å². The van der Waals surface area contributed by atoms with Crippen LogP contribution in [0.2, 0.25) is 0 Å². The van der Waals surface area contributed by atoms with E-state index in [2.05, 4.69) is 86.7 Å². The minimum Gasteiger partial charge on any atom is -0.315 e. The van der Waals surface area contributed by atoms with Crippen LogP contribution in [0.25, 0.3) is 0 Å². The van der Waals surface area contributed by atoms with Crippen molar-refractivity contribution in [1.29, 1.82) is 0 Å². The van der Waals surface area contributed by atoms with E-state index in [-0.39, 0.29) is 5.54 Å². The van der Waals surface area contributed by atoms with Crippen molar-refractivity contribution >= 4 is 0 Å². The second-order valence-electron chi connectivity index (χ2n) is 8.86. The number of likely N-dealkylation sites (N-methyl/N-ethyl adjacent to an activating group) is 1. The summed E-state index contributed by atoms with van der Waals surface area (Å²) in [5.41, 5.74) is 5.98. The largest absolute Gasteiger partial charge is 0.315 e. The Hall–Kier alpha value is -1.64. The summed E-state index contributed by atoms with van der Waals surface area (Å²) >= 11 is 0. The van der Waals surface area contributed by atoms with Crippen LogP contribution in [0.1, 0.15) is 46.9 Å². The fraction of sp³-hybridized carbons (Fsp3) is 0.500. The van der Waals surface area contributed by atoms with Crippen molar-refractivity contribution in [3.05, 3.63) is 70.8 Å². The summed E-state index contributed by atoms with van der Waals surface area (Å²) in [4.78, 5) is 2.49. The number of nitrogens with one attached hydrogen (secondary N) is 1. The lowest BCUT2D eigenvalue weighted by Gasteiger charge is -2.49. The van der Waals surface area contributed by atoms with E-state index in [1.54, 1.807) is 0 Å². The molecule has 0 amide bonds. The van der Waals surface area contributed by atoms with Gasteiger partial charge in [0.1, 0.15) is 0 Å². The molecule has 0 aromatic heterocycles. The molecule has 138 valence electrons. The smallest absolute Gasteiger partial charge is 0.0339 e. The van der Waals surface area contributed by atoms with Gasteiger partial charge < -0.3 is 10.2 Å². The van der Waals surface area contributed by atoms with Crippen molar-refractivity contribution in [3.63, 3.8) is 0 Å². The van der Waals surface area contributed by atoms with Crippen LogP contribution in [0, 0.1) is 19.8 Å². The lowest BCUT2D eigenvalue weighted by atomic mass is 9.61.